The van der Waals surface area contributed by atoms with Gasteiger partial charge in [0.1, 0.15) is 22.8 Å². The van der Waals surface area contributed by atoms with E-state index in [1.807, 2.05) is 0 Å². The van der Waals surface area contributed by atoms with E-state index in [1.165, 1.54) is 38.1 Å². The molecule has 7 N–H and O–H groups in total. The van der Waals surface area contributed by atoms with Gasteiger partial charge in [0.15, 0.2) is 11.4 Å². The molecule has 0 saturated heterocycles. The van der Waals surface area contributed by atoms with Crippen molar-refractivity contribution < 1.29 is 40.0 Å². The molecule has 0 aromatic heterocycles. The number of aliphatic hydroxyl groups excluding tert-OH is 2. The molecule has 0 spiro atoms. The first-order valence-electron chi connectivity index (χ1n) is 10.6. The lowest BCUT2D eigenvalue weighted by molar-refractivity contribution is -0.153. The van der Waals surface area contributed by atoms with Crippen LogP contribution in [0, 0.1) is 11.8 Å². The van der Waals surface area contributed by atoms with Crippen molar-refractivity contribution in [3.63, 3.8) is 0 Å². The summed E-state index contributed by atoms with van der Waals surface area (Å²) in [5.74, 6) is -7.10. The molecule has 4 rings (SSSR count). The monoisotopic (exact) mass is 471 g/mol. The minimum atomic E-state index is -2.68. The minimum Gasteiger partial charge on any atom is -0.508 e. The van der Waals surface area contributed by atoms with Gasteiger partial charge in [-0.15, -0.1) is 0 Å². The molecule has 0 heterocycles. The zero-order chi connectivity index (χ0) is 25.3. The molecule has 3 aliphatic carbocycles. The van der Waals surface area contributed by atoms with Gasteiger partial charge in [-0.3, -0.25) is 19.3 Å². The molecular weight excluding hydrogens is 446 g/mol. The number of aliphatic hydroxyl groups is 3. The Hall–Kier alpha value is -3.70. The summed E-state index contributed by atoms with van der Waals surface area (Å²) in [6, 6.07) is 1.64. The number of ketones is 2. The average Bonchev–Trinajstić information content (AvgIpc) is 2.75. The number of phenolic OH excluding ortho intramolecular Hbond substituents is 1. The fourth-order valence-corrected chi connectivity index (χ4v) is 5.64. The van der Waals surface area contributed by atoms with Crippen LogP contribution in [0.15, 0.2) is 34.2 Å². The number of carbonyl (C=O) groups excluding carboxylic acids is 3. The SMILES string of the molecule is C/C(=N/O)c1ccc(O)c2c1C[C@H]1C[C@@H]3[C@@H](N(C)C)C(=O)C(C(N)=O)=C(O)[C@@]3(O)C(=O)C1=C2O. The maximum atomic E-state index is 13.7. The van der Waals surface area contributed by atoms with E-state index in [0.29, 0.717) is 11.1 Å². The Labute approximate surface area is 194 Å². The number of hydrogen-bond acceptors (Lipinski definition) is 10. The van der Waals surface area contributed by atoms with Crippen LogP contribution in [0.4, 0.5) is 0 Å². The first-order valence-corrected chi connectivity index (χ1v) is 10.6. The van der Waals surface area contributed by atoms with Gasteiger partial charge in [-0.05, 0) is 57.5 Å². The lowest BCUT2D eigenvalue weighted by atomic mass is 9.57. The van der Waals surface area contributed by atoms with Gasteiger partial charge >= 0.3 is 0 Å². The number of nitrogens with two attached hydrogens (primary N) is 1. The number of primary amides is 1. The summed E-state index contributed by atoms with van der Waals surface area (Å²) in [4.78, 5) is 40.1. The first kappa shape index (κ1) is 23.5. The van der Waals surface area contributed by atoms with Crippen LogP contribution < -0.4 is 5.73 Å². The molecule has 34 heavy (non-hydrogen) atoms. The number of oxime groups is 1. The predicted octanol–water partition coefficient (Wildman–Crippen LogP) is 0.162. The molecule has 0 radical (unpaired) electrons. The van der Waals surface area contributed by atoms with Crippen molar-refractivity contribution in [1.82, 2.24) is 4.90 Å². The quantitative estimate of drug-likeness (QED) is 0.154. The van der Waals surface area contributed by atoms with E-state index in [0.717, 1.165) is 0 Å². The molecule has 1 aromatic rings. The standard InChI is InChI=1S/C23H25N3O8/c1-8(25-34)10-4-5-13(27)15-11(10)6-9-7-12-17(26(2)3)19(29)16(22(24)32)21(31)23(12,33)20(30)14(9)18(15)28/h4-5,9,12,17,27-28,31,33-34H,6-7H2,1-3H3,(H2,24,32)/b25-8-/t9-,12+,17+,23-/m0/s1. The zero-order valence-corrected chi connectivity index (χ0v) is 18.7. The second-order valence-electron chi connectivity index (χ2n) is 9.13. The highest BCUT2D eigenvalue weighted by atomic mass is 16.4. The Balaban J connectivity index is 2.00. The van der Waals surface area contributed by atoms with Crippen molar-refractivity contribution in [3.05, 3.63) is 45.7 Å². The maximum absolute atomic E-state index is 13.7. The van der Waals surface area contributed by atoms with Crippen LogP contribution in [-0.4, -0.2) is 79.5 Å². The molecular formula is C23H25N3O8. The highest BCUT2D eigenvalue weighted by molar-refractivity contribution is 6.24. The summed E-state index contributed by atoms with van der Waals surface area (Å²) < 4.78 is 0. The smallest absolute Gasteiger partial charge is 0.255 e. The Morgan fingerprint density at radius 3 is 2.41 bits per heavy atom. The number of hydrogen-bond donors (Lipinski definition) is 6. The van der Waals surface area contributed by atoms with E-state index in [-0.39, 0.29) is 35.4 Å². The van der Waals surface area contributed by atoms with E-state index in [2.05, 4.69) is 5.16 Å². The van der Waals surface area contributed by atoms with Crippen molar-refractivity contribution >= 4 is 28.9 Å². The van der Waals surface area contributed by atoms with Crippen molar-refractivity contribution in [1.29, 1.82) is 0 Å². The highest BCUT2D eigenvalue weighted by Crippen LogP contribution is 2.52. The van der Waals surface area contributed by atoms with Crippen LogP contribution in [0.25, 0.3) is 5.76 Å². The summed E-state index contributed by atoms with van der Waals surface area (Å²) >= 11 is 0. The molecule has 180 valence electrons. The largest absolute Gasteiger partial charge is 0.508 e. The number of nitrogens with zero attached hydrogens (tertiary/aromatic N) is 2. The fraction of sp³-hybridized carbons (Fsp3) is 0.391. The van der Waals surface area contributed by atoms with E-state index >= 15 is 0 Å². The van der Waals surface area contributed by atoms with Gasteiger partial charge in [0.25, 0.3) is 5.91 Å². The summed E-state index contributed by atoms with van der Waals surface area (Å²) in [5, 5.41) is 56.3. The average molecular weight is 471 g/mol. The number of phenols is 1. The fourth-order valence-electron chi connectivity index (χ4n) is 5.64. The Kier molecular flexibility index (Phi) is 5.29. The lowest BCUT2D eigenvalue weighted by Gasteiger charge is -2.50. The third-order valence-electron chi connectivity index (χ3n) is 7.14. The predicted molar refractivity (Wildman–Crippen MR) is 118 cm³/mol. The van der Waals surface area contributed by atoms with Gasteiger partial charge in [0, 0.05) is 17.1 Å². The van der Waals surface area contributed by atoms with Gasteiger partial charge < -0.3 is 31.4 Å². The molecule has 1 saturated carbocycles. The van der Waals surface area contributed by atoms with Crippen LogP contribution in [0.3, 0.4) is 0 Å². The second-order valence-corrected chi connectivity index (χ2v) is 9.13. The summed E-state index contributed by atoms with van der Waals surface area (Å²) in [6.07, 6.45) is 0.0985. The number of rotatable bonds is 3. The molecule has 11 heteroatoms. The van der Waals surface area contributed by atoms with E-state index in [1.54, 1.807) is 0 Å². The maximum Gasteiger partial charge on any atom is 0.255 e. The number of fused-ring (bicyclic) bond motifs is 3. The van der Waals surface area contributed by atoms with Gasteiger partial charge in [0.2, 0.25) is 5.78 Å². The molecule has 0 unspecified atom stereocenters. The van der Waals surface area contributed by atoms with Crippen LogP contribution in [0.5, 0.6) is 5.75 Å². The molecule has 3 aliphatic rings. The van der Waals surface area contributed by atoms with Crippen LogP contribution in [0.2, 0.25) is 0 Å². The normalized spacial score (nSPS) is 29.2. The molecule has 1 aromatic carbocycles. The lowest BCUT2D eigenvalue weighted by Crippen LogP contribution is -2.65. The van der Waals surface area contributed by atoms with Crippen LogP contribution in [-0.2, 0) is 20.8 Å². The van der Waals surface area contributed by atoms with Crippen LogP contribution in [0.1, 0.15) is 30.0 Å². The first-order chi connectivity index (χ1) is 15.9. The van der Waals surface area contributed by atoms with E-state index in [4.69, 9.17) is 5.73 Å². The molecule has 11 nitrogen and oxygen atoms in total. The Morgan fingerprint density at radius 1 is 1.21 bits per heavy atom. The van der Waals surface area contributed by atoms with Gasteiger partial charge in [0.05, 0.1) is 17.3 Å². The van der Waals surface area contributed by atoms with E-state index in [9.17, 15) is 40.0 Å². The van der Waals surface area contributed by atoms with E-state index < -0.39 is 58.0 Å². The van der Waals surface area contributed by atoms with Gasteiger partial charge in [-0.1, -0.05) is 5.16 Å². The number of benzene rings is 1. The summed E-state index contributed by atoms with van der Waals surface area (Å²) in [6.45, 7) is 1.53. The molecule has 0 bridgehead atoms. The van der Waals surface area contributed by atoms with Crippen molar-refractivity contribution in [2.75, 3.05) is 14.1 Å². The summed E-state index contributed by atoms with van der Waals surface area (Å²) in [5.41, 5.74) is 2.55. The number of amides is 1. The number of aromatic hydroxyl groups is 1. The van der Waals surface area contributed by atoms with Gasteiger partial charge in [-0.2, -0.15) is 0 Å². The third kappa shape index (κ3) is 2.90. The number of Topliss-reactive ketones (excluding diaryl/α,β-unsaturated/α-hetero) is 2. The Bertz CT molecular complexity index is 1240. The topological polar surface area (TPSA) is 194 Å². The number of likely N-dealkylation sites (N-methyl/N-ethyl adjacent to an activating group) is 1. The third-order valence-corrected chi connectivity index (χ3v) is 7.14. The molecule has 1 amide bonds. The van der Waals surface area contributed by atoms with Crippen molar-refractivity contribution in [2.24, 2.45) is 22.7 Å². The molecule has 4 atom stereocenters. The number of carbonyl (C=O) groups is 3. The zero-order valence-electron chi connectivity index (χ0n) is 18.7. The van der Waals surface area contributed by atoms with Crippen molar-refractivity contribution in [2.45, 2.75) is 31.4 Å². The second kappa shape index (κ2) is 7.67. The minimum absolute atomic E-state index is 0.0177. The Morgan fingerprint density at radius 2 is 1.85 bits per heavy atom. The van der Waals surface area contributed by atoms with Crippen molar-refractivity contribution in [3.8, 4) is 5.75 Å². The molecule has 1 fully saturated rings. The molecule has 0 aliphatic heterocycles. The van der Waals surface area contributed by atoms with Crippen LogP contribution >= 0.6 is 0 Å². The highest BCUT2D eigenvalue weighted by Gasteiger charge is 2.64. The summed E-state index contributed by atoms with van der Waals surface area (Å²) in [7, 11) is 3.06. The van der Waals surface area contributed by atoms with Gasteiger partial charge in [-0.25, -0.2) is 0 Å².